The van der Waals surface area contributed by atoms with E-state index >= 15 is 0 Å². The van der Waals surface area contributed by atoms with Crippen molar-refractivity contribution in [3.05, 3.63) is 70.9 Å². The van der Waals surface area contributed by atoms with Gasteiger partial charge in [0.2, 0.25) is 0 Å². The minimum Gasteiger partial charge on any atom is -0.360 e. The van der Waals surface area contributed by atoms with E-state index in [1.54, 1.807) is 24.3 Å². The van der Waals surface area contributed by atoms with Gasteiger partial charge in [-0.15, -0.1) is 0 Å². The number of Topliss-reactive ketones (excluding diaryl/α,β-unsaturated/α-hetero) is 1. The van der Waals surface area contributed by atoms with Crippen LogP contribution in [0.25, 0.3) is 0 Å². The Morgan fingerprint density at radius 3 is 2.52 bits per heavy atom. The van der Waals surface area contributed by atoms with E-state index in [1.165, 1.54) is 13.1 Å². The molecule has 0 spiro atoms. The maximum Gasteiger partial charge on any atom is 0.267 e. The van der Waals surface area contributed by atoms with Crippen LogP contribution >= 0.6 is 0 Å². The summed E-state index contributed by atoms with van der Waals surface area (Å²) >= 11 is 0. The first-order valence-corrected chi connectivity index (χ1v) is 7.77. The fraction of sp³-hybridized carbons (Fsp3) is 0.150. The smallest absolute Gasteiger partial charge is 0.267 e. The highest BCUT2D eigenvalue weighted by Gasteiger charge is 2.10. The lowest BCUT2D eigenvalue weighted by atomic mass is 10.1. The Kier molecular flexibility index (Phi) is 5.70. The number of nitrogens with one attached hydrogen (secondary N) is 2. The Hall–Kier alpha value is -3.39. The number of anilines is 2. The first-order valence-electron chi connectivity index (χ1n) is 7.77. The summed E-state index contributed by atoms with van der Waals surface area (Å²) in [7, 11) is 0. The molecule has 1 amide bonds. The second-order valence-electron chi connectivity index (χ2n) is 5.65. The highest BCUT2D eigenvalue weighted by atomic mass is 16.1. The molecule has 25 heavy (non-hydrogen) atoms. The first-order chi connectivity index (χ1) is 11.9. The van der Waals surface area contributed by atoms with Crippen LogP contribution < -0.4 is 10.6 Å². The van der Waals surface area contributed by atoms with Gasteiger partial charge in [-0.1, -0.05) is 24.3 Å². The molecule has 5 nitrogen and oxygen atoms in total. The highest BCUT2D eigenvalue weighted by Crippen LogP contribution is 2.18. The van der Waals surface area contributed by atoms with Gasteiger partial charge in [0.25, 0.3) is 5.91 Å². The summed E-state index contributed by atoms with van der Waals surface area (Å²) in [5, 5.41) is 14.9. The minimum atomic E-state index is -0.541. The molecule has 0 aliphatic heterocycles. The fourth-order valence-corrected chi connectivity index (χ4v) is 2.22. The van der Waals surface area contributed by atoms with Crippen LogP contribution in [0.4, 0.5) is 11.4 Å². The largest absolute Gasteiger partial charge is 0.360 e. The zero-order chi connectivity index (χ0) is 18.4. The van der Waals surface area contributed by atoms with Crippen molar-refractivity contribution < 1.29 is 9.59 Å². The molecule has 2 aromatic rings. The molecule has 2 aromatic carbocycles. The van der Waals surface area contributed by atoms with E-state index < -0.39 is 5.91 Å². The van der Waals surface area contributed by atoms with E-state index in [1.807, 2.05) is 38.1 Å². The lowest BCUT2D eigenvalue weighted by Crippen LogP contribution is -2.15. The molecule has 0 aromatic heterocycles. The molecule has 126 valence electrons. The van der Waals surface area contributed by atoms with Crippen molar-refractivity contribution >= 4 is 23.1 Å². The van der Waals surface area contributed by atoms with Gasteiger partial charge in [-0.05, 0) is 50.1 Å². The van der Waals surface area contributed by atoms with Crippen LogP contribution in [0.3, 0.4) is 0 Å². The van der Waals surface area contributed by atoms with E-state index in [2.05, 4.69) is 10.6 Å². The molecule has 0 radical (unpaired) electrons. The number of carbonyl (C=O) groups excluding carboxylic acids is 2. The molecular formula is C20H19N3O2. The third-order valence-corrected chi connectivity index (χ3v) is 3.87. The number of aryl methyl sites for hydroxylation is 1. The van der Waals surface area contributed by atoms with Gasteiger partial charge in [-0.3, -0.25) is 9.59 Å². The number of rotatable bonds is 5. The number of hydrogen-bond donors (Lipinski definition) is 2. The summed E-state index contributed by atoms with van der Waals surface area (Å²) in [6.07, 6.45) is 1.38. The number of ketones is 1. The summed E-state index contributed by atoms with van der Waals surface area (Å²) in [6.45, 7) is 5.41. The van der Waals surface area contributed by atoms with E-state index in [0.717, 1.165) is 16.8 Å². The molecule has 0 aliphatic carbocycles. The van der Waals surface area contributed by atoms with Crippen molar-refractivity contribution in [2.75, 3.05) is 10.6 Å². The molecular weight excluding hydrogens is 314 g/mol. The van der Waals surface area contributed by atoms with Gasteiger partial charge in [0, 0.05) is 23.1 Å². The lowest BCUT2D eigenvalue weighted by Gasteiger charge is -2.09. The van der Waals surface area contributed by atoms with Crippen LogP contribution in [0.5, 0.6) is 0 Å². The molecule has 2 N–H and O–H groups in total. The molecule has 0 saturated carbocycles. The molecule has 0 bridgehead atoms. The fourth-order valence-electron chi connectivity index (χ4n) is 2.22. The molecule has 0 unspecified atom stereocenters. The molecule has 0 heterocycles. The van der Waals surface area contributed by atoms with Crippen molar-refractivity contribution in [2.45, 2.75) is 20.8 Å². The number of nitrogens with zero attached hydrogens (tertiary/aromatic N) is 1. The number of benzene rings is 2. The number of hydrogen-bond acceptors (Lipinski definition) is 4. The van der Waals surface area contributed by atoms with Crippen molar-refractivity contribution in [3.8, 4) is 6.07 Å². The summed E-state index contributed by atoms with van der Waals surface area (Å²) in [5.41, 5.74) is 3.89. The van der Waals surface area contributed by atoms with Gasteiger partial charge in [-0.2, -0.15) is 5.26 Å². The maximum atomic E-state index is 12.3. The van der Waals surface area contributed by atoms with E-state index in [9.17, 15) is 14.9 Å². The normalized spacial score (nSPS) is 10.7. The van der Waals surface area contributed by atoms with E-state index in [-0.39, 0.29) is 11.4 Å². The molecule has 0 atom stereocenters. The Morgan fingerprint density at radius 2 is 1.84 bits per heavy atom. The van der Waals surface area contributed by atoms with Gasteiger partial charge >= 0.3 is 0 Å². The SMILES string of the molecule is CC(=O)c1cccc(NC(=O)/C(C#N)=C\Nc2cccc(C)c2C)c1. The quantitative estimate of drug-likeness (QED) is 0.493. The maximum absolute atomic E-state index is 12.3. The van der Waals surface area contributed by atoms with Crippen LogP contribution in [0.2, 0.25) is 0 Å². The van der Waals surface area contributed by atoms with Gasteiger partial charge in [0.05, 0.1) is 0 Å². The van der Waals surface area contributed by atoms with Gasteiger partial charge in [0.1, 0.15) is 11.6 Å². The third kappa shape index (κ3) is 4.55. The molecule has 2 rings (SSSR count). The summed E-state index contributed by atoms with van der Waals surface area (Å²) in [6, 6.07) is 14.2. The summed E-state index contributed by atoms with van der Waals surface area (Å²) < 4.78 is 0. The molecule has 0 saturated heterocycles. The topological polar surface area (TPSA) is 82.0 Å². The van der Waals surface area contributed by atoms with Gasteiger partial charge < -0.3 is 10.6 Å². The second-order valence-corrected chi connectivity index (χ2v) is 5.65. The van der Waals surface area contributed by atoms with Crippen molar-refractivity contribution in [1.29, 1.82) is 5.26 Å². The molecule has 0 fully saturated rings. The molecule has 5 heteroatoms. The Labute approximate surface area is 147 Å². The van der Waals surface area contributed by atoms with E-state index in [4.69, 9.17) is 0 Å². The number of carbonyl (C=O) groups is 2. The predicted octanol–water partition coefficient (Wildman–Crippen LogP) is 3.96. The van der Waals surface area contributed by atoms with Crippen LogP contribution in [-0.2, 0) is 4.79 Å². The standard InChI is InChI=1S/C20H19N3O2/c1-13-6-4-9-19(14(13)2)22-12-17(11-21)20(25)23-18-8-5-7-16(10-18)15(3)24/h4-10,12,22H,1-3H3,(H,23,25)/b17-12-. The van der Waals surface area contributed by atoms with Crippen LogP contribution in [0.15, 0.2) is 54.2 Å². The van der Waals surface area contributed by atoms with Gasteiger partial charge in [-0.25, -0.2) is 0 Å². The van der Waals surface area contributed by atoms with Crippen molar-refractivity contribution in [1.82, 2.24) is 0 Å². The predicted molar refractivity (Wildman–Crippen MR) is 98.3 cm³/mol. The highest BCUT2D eigenvalue weighted by molar-refractivity contribution is 6.07. The molecule has 0 aliphatic rings. The van der Waals surface area contributed by atoms with Crippen molar-refractivity contribution in [2.24, 2.45) is 0 Å². The summed E-state index contributed by atoms with van der Waals surface area (Å²) in [5.74, 6) is -0.634. The van der Waals surface area contributed by atoms with E-state index in [0.29, 0.717) is 11.3 Å². The average Bonchev–Trinajstić information content (AvgIpc) is 2.59. The zero-order valence-electron chi connectivity index (χ0n) is 14.4. The zero-order valence-corrected chi connectivity index (χ0v) is 14.4. The van der Waals surface area contributed by atoms with Crippen LogP contribution in [0.1, 0.15) is 28.4 Å². The minimum absolute atomic E-state index is 0.0610. The average molecular weight is 333 g/mol. The monoisotopic (exact) mass is 333 g/mol. The third-order valence-electron chi connectivity index (χ3n) is 3.87. The Bertz CT molecular complexity index is 892. The number of nitriles is 1. The Morgan fingerprint density at radius 1 is 1.12 bits per heavy atom. The van der Waals surface area contributed by atoms with Gasteiger partial charge in [0.15, 0.2) is 5.78 Å². The lowest BCUT2D eigenvalue weighted by molar-refractivity contribution is -0.112. The van der Waals surface area contributed by atoms with Crippen LogP contribution in [-0.4, -0.2) is 11.7 Å². The number of amides is 1. The first kappa shape index (κ1) is 18.0. The van der Waals surface area contributed by atoms with Crippen LogP contribution in [0, 0.1) is 25.2 Å². The Balaban J connectivity index is 2.16. The summed E-state index contributed by atoms with van der Waals surface area (Å²) in [4.78, 5) is 23.7. The second kappa shape index (κ2) is 7.93. The van der Waals surface area contributed by atoms with Crippen molar-refractivity contribution in [3.63, 3.8) is 0 Å².